The van der Waals surface area contributed by atoms with Gasteiger partial charge in [-0.05, 0) is 30.1 Å². The molecule has 0 amide bonds. The predicted molar refractivity (Wildman–Crippen MR) is 52.8 cm³/mol. The Bertz CT molecular complexity index is 203. The van der Waals surface area contributed by atoms with Gasteiger partial charge in [0.15, 0.2) is 0 Å². The maximum absolute atomic E-state index is 13.1. The van der Waals surface area contributed by atoms with Crippen LogP contribution < -0.4 is 0 Å². The normalized spacial score (nSPS) is 43.8. The monoisotopic (exact) mass is 206 g/mol. The molecule has 0 radical (unpaired) electrons. The van der Waals surface area contributed by atoms with Gasteiger partial charge in [0.25, 0.3) is 5.66 Å². The molecule has 0 heterocycles. The summed E-state index contributed by atoms with van der Waals surface area (Å²) in [4.78, 5) is 0. The first-order valence-electron chi connectivity index (χ1n) is 4.79. The Morgan fingerprint density at radius 2 is 1.38 bits per heavy atom. The number of hydrogen-bond donors (Lipinski definition) is 0. The van der Waals surface area contributed by atoms with Gasteiger partial charge in [0.2, 0.25) is 0 Å². The number of halogens is 2. The highest BCUT2D eigenvalue weighted by atomic mass is 31.0. The van der Waals surface area contributed by atoms with E-state index in [4.69, 9.17) is 0 Å². The van der Waals surface area contributed by atoms with Crippen LogP contribution in [0.3, 0.4) is 0 Å². The summed E-state index contributed by atoms with van der Waals surface area (Å²) in [6.45, 7) is 6.49. The van der Waals surface area contributed by atoms with Crippen LogP contribution in [0.2, 0.25) is 0 Å². The Labute approximate surface area is 80.7 Å². The zero-order valence-corrected chi connectivity index (χ0v) is 9.61. The van der Waals surface area contributed by atoms with Gasteiger partial charge >= 0.3 is 0 Å². The molecule has 0 aromatic carbocycles. The molecule has 0 aliphatic heterocycles. The first-order chi connectivity index (χ1) is 5.62. The van der Waals surface area contributed by atoms with Gasteiger partial charge in [-0.25, -0.2) is 8.78 Å². The summed E-state index contributed by atoms with van der Waals surface area (Å²) >= 11 is 0. The van der Waals surface area contributed by atoms with E-state index in [2.05, 4.69) is 20.8 Å². The SMILES string of the molecule is CC(C)(C)C12CC(C(F)(F)P)(C1)C2. The molecule has 3 fully saturated rings. The van der Waals surface area contributed by atoms with Crippen LogP contribution in [-0.4, -0.2) is 5.66 Å². The fraction of sp³-hybridized carbons (Fsp3) is 1.00. The molecule has 13 heavy (non-hydrogen) atoms. The van der Waals surface area contributed by atoms with Gasteiger partial charge in [0, 0.05) is 5.41 Å². The highest BCUT2D eigenvalue weighted by Crippen LogP contribution is 2.83. The Morgan fingerprint density at radius 1 is 1.00 bits per heavy atom. The molecule has 0 spiro atoms. The molecule has 3 aliphatic carbocycles. The van der Waals surface area contributed by atoms with E-state index in [9.17, 15) is 8.78 Å². The van der Waals surface area contributed by atoms with Crippen LogP contribution in [0.25, 0.3) is 0 Å². The average Bonchev–Trinajstić information content (AvgIpc) is 1.41. The molecule has 0 N–H and O–H groups in total. The van der Waals surface area contributed by atoms with Gasteiger partial charge < -0.3 is 0 Å². The lowest BCUT2D eigenvalue weighted by Gasteiger charge is -2.76. The molecule has 0 nitrogen and oxygen atoms in total. The highest BCUT2D eigenvalue weighted by Gasteiger charge is 2.78. The van der Waals surface area contributed by atoms with Crippen molar-refractivity contribution < 1.29 is 8.78 Å². The minimum absolute atomic E-state index is 0.199. The Kier molecular flexibility index (Phi) is 1.59. The molecule has 1 atom stereocenters. The van der Waals surface area contributed by atoms with E-state index in [1.165, 1.54) is 0 Å². The highest BCUT2D eigenvalue weighted by molar-refractivity contribution is 7.18. The fourth-order valence-electron chi connectivity index (χ4n) is 2.94. The Hall–Kier alpha value is 0.290. The van der Waals surface area contributed by atoms with Crippen molar-refractivity contribution >= 4 is 9.24 Å². The van der Waals surface area contributed by atoms with Crippen molar-refractivity contribution in [3.63, 3.8) is 0 Å². The molecule has 3 rings (SSSR count). The number of hydrogen-bond acceptors (Lipinski definition) is 0. The minimum Gasteiger partial charge on any atom is -0.202 e. The zero-order valence-electron chi connectivity index (χ0n) is 8.45. The van der Waals surface area contributed by atoms with Crippen molar-refractivity contribution in [2.24, 2.45) is 16.2 Å². The van der Waals surface area contributed by atoms with Gasteiger partial charge in [-0.2, -0.15) is 0 Å². The summed E-state index contributed by atoms with van der Waals surface area (Å²) in [7, 11) is 1.72. The second kappa shape index (κ2) is 2.10. The topological polar surface area (TPSA) is 0 Å². The lowest BCUT2D eigenvalue weighted by molar-refractivity contribution is -0.318. The van der Waals surface area contributed by atoms with Crippen molar-refractivity contribution in [1.29, 1.82) is 0 Å². The maximum Gasteiger partial charge on any atom is 0.264 e. The van der Waals surface area contributed by atoms with Gasteiger partial charge in [-0.3, -0.25) is 0 Å². The molecule has 3 saturated carbocycles. The van der Waals surface area contributed by atoms with Crippen LogP contribution in [0.15, 0.2) is 0 Å². The first-order valence-corrected chi connectivity index (χ1v) is 5.37. The summed E-state index contributed by atoms with van der Waals surface area (Å²) in [5.41, 5.74) is -2.76. The van der Waals surface area contributed by atoms with E-state index in [0.717, 1.165) is 19.3 Å². The fourth-order valence-corrected chi connectivity index (χ4v) is 3.24. The molecule has 3 aliphatic rings. The van der Waals surface area contributed by atoms with Crippen molar-refractivity contribution in [3.8, 4) is 0 Å². The maximum atomic E-state index is 13.1. The zero-order chi connectivity index (χ0) is 10.1. The predicted octanol–water partition coefficient (Wildman–Crippen LogP) is 3.67. The van der Waals surface area contributed by atoms with Crippen LogP contribution in [-0.2, 0) is 0 Å². The molecule has 0 aromatic rings. The number of rotatable bonds is 1. The van der Waals surface area contributed by atoms with Crippen LogP contribution >= 0.6 is 9.24 Å². The van der Waals surface area contributed by atoms with Gasteiger partial charge in [-0.15, -0.1) is 0 Å². The summed E-state index contributed by atoms with van der Waals surface area (Å²) in [5.74, 6) is 0. The molecule has 2 bridgehead atoms. The van der Waals surface area contributed by atoms with Crippen molar-refractivity contribution in [3.05, 3.63) is 0 Å². The number of alkyl halides is 2. The largest absolute Gasteiger partial charge is 0.264 e. The second-order valence-electron chi connectivity index (χ2n) is 5.96. The minimum atomic E-state index is -2.54. The summed E-state index contributed by atoms with van der Waals surface area (Å²) in [6.07, 6.45) is 2.17. The third-order valence-electron chi connectivity index (χ3n) is 4.33. The molecular weight excluding hydrogens is 189 g/mol. The molecule has 0 saturated heterocycles. The van der Waals surface area contributed by atoms with Gasteiger partial charge in [-0.1, -0.05) is 30.0 Å². The summed E-state index contributed by atoms with van der Waals surface area (Å²) in [5, 5.41) is 0. The van der Waals surface area contributed by atoms with Crippen molar-refractivity contribution in [1.82, 2.24) is 0 Å². The molecule has 1 unspecified atom stereocenters. The average molecular weight is 206 g/mol. The lowest BCUT2D eigenvalue weighted by atomic mass is 9.29. The standard InChI is InChI=1S/C10H17F2P/c1-7(2,3)8-4-9(5-8,6-8)10(11,12)13/h4-6,13H2,1-3H3. The Morgan fingerprint density at radius 3 is 1.62 bits per heavy atom. The summed E-state index contributed by atoms with van der Waals surface area (Å²) < 4.78 is 26.2. The van der Waals surface area contributed by atoms with Crippen LogP contribution in [0.4, 0.5) is 8.78 Å². The van der Waals surface area contributed by atoms with Crippen LogP contribution in [0, 0.1) is 16.2 Å². The van der Waals surface area contributed by atoms with Crippen molar-refractivity contribution in [2.45, 2.75) is 45.7 Å². The van der Waals surface area contributed by atoms with Crippen LogP contribution in [0.1, 0.15) is 40.0 Å². The second-order valence-corrected chi connectivity index (χ2v) is 6.69. The molecule has 3 heteroatoms. The van der Waals surface area contributed by atoms with E-state index in [1.807, 2.05) is 0 Å². The molecule has 0 aromatic heterocycles. The quantitative estimate of drug-likeness (QED) is 0.574. The van der Waals surface area contributed by atoms with E-state index >= 15 is 0 Å². The van der Waals surface area contributed by atoms with Crippen molar-refractivity contribution in [2.75, 3.05) is 0 Å². The van der Waals surface area contributed by atoms with Gasteiger partial charge in [0.1, 0.15) is 0 Å². The van der Waals surface area contributed by atoms with E-state index in [0.29, 0.717) is 0 Å². The lowest BCUT2D eigenvalue weighted by Crippen LogP contribution is -2.71. The summed E-state index contributed by atoms with van der Waals surface area (Å²) in [6, 6.07) is 0. The van der Waals surface area contributed by atoms with Crippen LogP contribution in [0.5, 0.6) is 0 Å². The first kappa shape index (κ1) is 9.83. The van der Waals surface area contributed by atoms with E-state index in [-0.39, 0.29) is 10.8 Å². The smallest absolute Gasteiger partial charge is 0.202 e. The van der Waals surface area contributed by atoms with Gasteiger partial charge in [0.05, 0.1) is 0 Å². The van der Waals surface area contributed by atoms with E-state index < -0.39 is 11.1 Å². The Balaban J connectivity index is 2.09. The third kappa shape index (κ3) is 0.988. The third-order valence-corrected chi connectivity index (χ3v) is 4.94. The van der Waals surface area contributed by atoms with E-state index in [1.54, 1.807) is 9.24 Å². The molecular formula is C10H17F2P. The molecule has 76 valence electrons.